The molecule has 0 radical (unpaired) electrons. The fourth-order valence-corrected chi connectivity index (χ4v) is 1.85. The molecule has 0 fully saturated rings. The van der Waals surface area contributed by atoms with Crippen LogP contribution < -0.4 is 4.74 Å². The largest absolute Gasteiger partial charge is 0.490 e. The van der Waals surface area contributed by atoms with Crippen LogP contribution in [-0.2, 0) is 5.92 Å². The molecule has 3 heteroatoms. The molecule has 0 saturated heterocycles. The average Bonchev–Trinajstić information content (AvgIpc) is 2.17. The molecule has 2 unspecified atom stereocenters. The van der Waals surface area contributed by atoms with Gasteiger partial charge in [-0.15, -0.1) is 0 Å². The van der Waals surface area contributed by atoms with Crippen molar-refractivity contribution >= 4 is 0 Å². The molecule has 1 aliphatic heterocycles. The van der Waals surface area contributed by atoms with Crippen LogP contribution in [0.2, 0.25) is 0 Å². The van der Waals surface area contributed by atoms with Crippen LogP contribution in [0.15, 0.2) is 18.2 Å². The van der Waals surface area contributed by atoms with Gasteiger partial charge in [-0.05, 0) is 26.0 Å². The van der Waals surface area contributed by atoms with E-state index in [1.807, 2.05) is 0 Å². The molecule has 0 aromatic heterocycles. The Morgan fingerprint density at radius 3 is 2.60 bits per heavy atom. The van der Waals surface area contributed by atoms with Crippen LogP contribution in [0.5, 0.6) is 5.75 Å². The second-order valence-electron chi connectivity index (χ2n) is 4.23. The van der Waals surface area contributed by atoms with Crippen molar-refractivity contribution in [3.05, 3.63) is 29.3 Å². The molecule has 0 saturated carbocycles. The van der Waals surface area contributed by atoms with Crippen molar-refractivity contribution < 1.29 is 13.5 Å². The van der Waals surface area contributed by atoms with Crippen molar-refractivity contribution in [2.24, 2.45) is 5.92 Å². The maximum absolute atomic E-state index is 13.9. The summed E-state index contributed by atoms with van der Waals surface area (Å²) in [5.74, 6) is -3.26. The summed E-state index contributed by atoms with van der Waals surface area (Å²) < 4.78 is 33.3. The normalized spacial score (nSPS) is 28.1. The number of hydrogen-bond acceptors (Lipinski definition) is 1. The third-order valence-electron chi connectivity index (χ3n) is 3.08. The molecule has 15 heavy (non-hydrogen) atoms. The van der Waals surface area contributed by atoms with E-state index in [-0.39, 0.29) is 5.56 Å². The quantitative estimate of drug-likeness (QED) is 0.639. The van der Waals surface area contributed by atoms with E-state index < -0.39 is 17.9 Å². The monoisotopic (exact) mass is 212 g/mol. The highest BCUT2D eigenvalue weighted by Gasteiger charge is 2.47. The molecular formula is C12H14F2O. The van der Waals surface area contributed by atoms with Crippen molar-refractivity contribution in [2.75, 3.05) is 0 Å². The van der Waals surface area contributed by atoms with E-state index in [2.05, 4.69) is 0 Å². The van der Waals surface area contributed by atoms with Gasteiger partial charge in [0.1, 0.15) is 11.9 Å². The molecule has 0 bridgehead atoms. The van der Waals surface area contributed by atoms with Gasteiger partial charge < -0.3 is 4.74 Å². The van der Waals surface area contributed by atoms with Gasteiger partial charge in [-0.3, -0.25) is 0 Å². The van der Waals surface area contributed by atoms with Crippen molar-refractivity contribution in [3.8, 4) is 5.75 Å². The summed E-state index contributed by atoms with van der Waals surface area (Å²) in [6.45, 7) is 5.01. The molecule has 2 atom stereocenters. The number of fused-ring (bicyclic) bond motifs is 1. The Morgan fingerprint density at radius 2 is 1.93 bits per heavy atom. The van der Waals surface area contributed by atoms with E-state index in [0.29, 0.717) is 5.75 Å². The number of aryl methyl sites for hydroxylation is 1. The topological polar surface area (TPSA) is 9.23 Å². The van der Waals surface area contributed by atoms with Gasteiger partial charge in [0.2, 0.25) is 0 Å². The number of ether oxygens (including phenoxy) is 1. The van der Waals surface area contributed by atoms with Crippen molar-refractivity contribution in [3.63, 3.8) is 0 Å². The van der Waals surface area contributed by atoms with Crippen molar-refractivity contribution in [1.82, 2.24) is 0 Å². The van der Waals surface area contributed by atoms with Gasteiger partial charge >= 0.3 is 0 Å². The second-order valence-corrected chi connectivity index (χ2v) is 4.23. The van der Waals surface area contributed by atoms with Gasteiger partial charge in [-0.1, -0.05) is 18.6 Å². The van der Waals surface area contributed by atoms with E-state index in [1.54, 1.807) is 26.0 Å². The first-order valence-electron chi connectivity index (χ1n) is 5.08. The van der Waals surface area contributed by atoms with Gasteiger partial charge in [0.15, 0.2) is 0 Å². The first kappa shape index (κ1) is 10.4. The van der Waals surface area contributed by atoms with Gasteiger partial charge in [0, 0.05) is 0 Å². The fourth-order valence-electron chi connectivity index (χ4n) is 1.85. The minimum Gasteiger partial charge on any atom is -0.490 e. The molecule has 0 N–H and O–H groups in total. The lowest BCUT2D eigenvalue weighted by molar-refractivity contribution is -0.111. The lowest BCUT2D eigenvalue weighted by Gasteiger charge is -2.36. The maximum Gasteiger partial charge on any atom is 0.282 e. The molecule has 1 heterocycles. The molecule has 0 aliphatic carbocycles. The van der Waals surface area contributed by atoms with E-state index in [9.17, 15) is 8.78 Å². The lowest BCUT2D eigenvalue weighted by Crippen LogP contribution is -2.39. The van der Waals surface area contributed by atoms with Gasteiger partial charge in [0.05, 0.1) is 11.5 Å². The van der Waals surface area contributed by atoms with Crippen molar-refractivity contribution in [2.45, 2.75) is 32.8 Å². The summed E-state index contributed by atoms with van der Waals surface area (Å²) in [5, 5.41) is 0. The first-order valence-corrected chi connectivity index (χ1v) is 5.08. The number of halogens is 2. The summed E-state index contributed by atoms with van der Waals surface area (Å²) >= 11 is 0. The maximum atomic E-state index is 13.9. The summed E-state index contributed by atoms with van der Waals surface area (Å²) in [7, 11) is 0. The second kappa shape index (κ2) is 3.19. The lowest BCUT2D eigenvalue weighted by atomic mass is 9.88. The molecule has 2 rings (SSSR count). The van der Waals surface area contributed by atoms with Crippen LogP contribution in [0, 0.1) is 12.8 Å². The Labute approximate surface area is 88.1 Å². The Balaban J connectivity index is 2.57. The zero-order chi connectivity index (χ0) is 11.2. The molecule has 1 aromatic rings. The highest BCUT2D eigenvalue weighted by atomic mass is 19.3. The Hall–Kier alpha value is -1.12. The Morgan fingerprint density at radius 1 is 1.27 bits per heavy atom. The number of hydrogen-bond donors (Lipinski definition) is 0. The van der Waals surface area contributed by atoms with Gasteiger partial charge in [-0.2, -0.15) is 0 Å². The minimum atomic E-state index is -2.79. The fraction of sp³-hybridized carbons (Fsp3) is 0.500. The summed E-state index contributed by atoms with van der Waals surface area (Å²) in [6.07, 6.45) is -0.449. The zero-order valence-corrected chi connectivity index (χ0v) is 9.05. The molecule has 1 aliphatic rings. The van der Waals surface area contributed by atoms with Gasteiger partial charge in [0.25, 0.3) is 5.92 Å². The molecule has 1 nitrogen and oxygen atoms in total. The smallest absolute Gasteiger partial charge is 0.282 e. The Kier molecular flexibility index (Phi) is 2.21. The predicted molar refractivity (Wildman–Crippen MR) is 54.3 cm³/mol. The van der Waals surface area contributed by atoms with Crippen LogP contribution >= 0.6 is 0 Å². The summed E-state index contributed by atoms with van der Waals surface area (Å²) in [4.78, 5) is 0. The van der Waals surface area contributed by atoms with Crippen LogP contribution in [0.3, 0.4) is 0 Å². The highest BCUT2D eigenvalue weighted by molar-refractivity contribution is 5.42. The molecule has 0 amide bonds. The van der Waals surface area contributed by atoms with Gasteiger partial charge in [-0.25, -0.2) is 8.78 Å². The standard InChI is InChI=1S/C12H14F2O/c1-7-4-5-11-10(6-7)12(13,14)8(2)9(3)15-11/h4-6,8-9H,1-3H3. The summed E-state index contributed by atoms with van der Waals surface area (Å²) in [5.41, 5.74) is 0.854. The predicted octanol–water partition coefficient (Wildman–Crippen LogP) is 3.50. The van der Waals surface area contributed by atoms with Crippen molar-refractivity contribution in [1.29, 1.82) is 0 Å². The molecule has 82 valence electrons. The van der Waals surface area contributed by atoms with E-state index in [4.69, 9.17) is 4.74 Å². The minimum absolute atomic E-state index is 0.0214. The third kappa shape index (κ3) is 1.50. The van der Waals surface area contributed by atoms with E-state index in [1.165, 1.54) is 13.0 Å². The van der Waals surface area contributed by atoms with E-state index in [0.717, 1.165) is 5.56 Å². The number of benzene rings is 1. The van der Waals surface area contributed by atoms with E-state index >= 15 is 0 Å². The van der Waals surface area contributed by atoms with Crippen LogP contribution in [0.1, 0.15) is 25.0 Å². The van der Waals surface area contributed by atoms with Crippen LogP contribution in [-0.4, -0.2) is 6.10 Å². The average molecular weight is 212 g/mol. The number of rotatable bonds is 0. The molecule has 0 spiro atoms. The van der Waals surface area contributed by atoms with Crippen LogP contribution in [0.25, 0.3) is 0 Å². The third-order valence-corrected chi connectivity index (χ3v) is 3.08. The first-order chi connectivity index (χ1) is 6.93. The highest BCUT2D eigenvalue weighted by Crippen LogP contribution is 2.47. The Bertz CT molecular complexity index is 387. The van der Waals surface area contributed by atoms with Crippen LogP contribution in [0.4, 0.5) is 8.78 Å². The zero-order valence-electron chi connectivity index (χ0n) is 9.05. The molecule has 1 aromatic carbocycles. The SMILES string of the molecule is Cc1ccc2c(c1)C(F)(F)C(C)C(C)O2. The molecular weight excluding hydrogens is 198 g/mol. The summed E-state index contributed by atoms with van der Waals surface area (Å²) in [6, 6.07) is 4.93. The number of alkyl halides is 2.